The van der Waals surface area contributed by atoms with Crippen molar-refractivity contribution in [3.05, 3.63) is 46.8 Å². The molecule has 1 unspecified atom stereocenters. The predicted octanol–water partition coefficient (Wildman–Crippen LogP) is 1.86. The fourth-order valence-corrected chi connectivity index (χ4v) is 2.75. The number of benzene rings is 1. The van der Waals surface area contributed by atoms with Crippen LogP contribution >= 0.6 is 11.8 Å². The number of carboxylic acid groups (broad SMARTS) is 1. The Morgan fingerprint density at radius 3 is 2.38 bits per heavy atom. The van der Waals surface area contributed by atoms with E-state index in [4.69, 9.17) is 5.11 Å². The summed E-state index contributed by atoms with van der Waals surface area (Å²) in [6.45, 7) is 3.05. The van der Waals surface area contributed by atoms with Gasteiger partial charge < -0.3 is 10.4 Å². The highest BCUT2D eigenvalue weighted by Crippen LogP contribution is 2.20. The summed E-state index contributed by atoms with van der Waals surface area (Å²) in [6, 6.07) is 9.60. The second-order valence-electron chi connectivity index (χ2n) is 6.07. The molecule has 2 aromatic rings. The van der Waals surface area contributed by atoms with E-state index in [0.717, 1.165) is 15.1 Å². The van der Waals surface area contributed by atoms with Crippen LogP contribution in [-0.4, -0.2) is 39.1 Å². The zero-order valence-corrected chi connectivity index (χ0v) is 15.6. The molecule has 1 atom stereocenters. The molecular formula is C18H21N3O4S. The predicted molar refractivity (Wildman–Crippen MR) is 100 cm³/mol. The molecule has 138 valence electrons. The summed E-state index contributed by atoms with van der Waals surface area (Å²) in [7, 11) is 0. The molecule has 7 nitrogen and oxygen atoms in total. The third kappa shape index (κ3) is 4.95. The van der Waals surface area contributed by atoms with Crippen LogP contribution in [0.3, 0.4) is 0 Å². The minimum atomic E-state index is -1.11. The van der Waals surface area contributed by atoms with E-state index in [2.05, 4.69) is 10.4 Å². The minimum absolute atomic E-state index is 0.276. The Balaban J connectivity index is 2.20. The van der Waals surface area contributed by atoms with Crippen molar-refractivity contribution in [2.45, 2.75) is 31.3 Å². The van der Waals surface area contributed by atoms with Gasteiger partial charge in [-0.3, -0.25) is 9.59 Å². The Bertz CT molecular complexity index is 846. The molecule has 1 heterocycles. The van der Waals surface area contributed by atoms with Crippen LogP contribution in [0.15, 0.2) is 46.1 Å². The highest BCUT2D eigenvalue weighted by molar-refractivity contribution is 7.98. The molecule has 26 heavy (non-hydrogen) atoms. The maximum absolute atomic E-state index is 12.1. The standard InChI is InChI=1S/C18H21N3O4S/c1-11(2)17(18(24)25)19-15(22)10-21-16(23)9-8-14(20-21)12-4-6-13(26-3)7-5-12/h4-9,11,17H,10H2,1-3H3,(H,19,22)(H,24,25). The van der Waals surface area contributed by atoms with Crippen molar-refractivity contribution in [2.75, 3.05) is 6.26 Å². The Morgan fingerprint density at radius 2 is 1.85 bits per heavy atom. The minimum Gasteiger partial charge on any atom is -0.480 e. The van der Waals surface area contributed by atoms with Crippen LogP contribution in [0.25, 0.3) is 11.3 Å². The number of carbonyl (C=O) groups excluding carboxylic acids is 1. The van der Waals surface area contributed by atoms with Gasteiger partial charge in [0.15, 0.2) is 0 Å². The van der Waals surface area contributed by atoms with Crippen molar-refractivity contribution in [3.63, 3.8) is 0 Å². The Morgan fingerprint density at radius 1 is 1.19 bits per heavy atom. The number of rotatable bonds is 7. The smallest absolute Gasteiger partial charge is 0.326 e. The number of amides is 1. The maximum atomic E-state index is 12.1. The zero-order chi connectivity index (χ0) is 19.3. The van der Waals surface area contributed by atoms with Gasteiger partial charge in [-0.05, 0) is 30.4 Å². The molecule has 8 heteroatoms. The first kappa shape index (κ1) is 19.7. The van der Waals surface area contributed by atoms with Crippen LogP contribution in [-0.2, 0) is 16.1 Å². The Hall–Kier alpha value is -2.61. The number of thioether (sulfide) groups is 1. The van der Waals surface area contributed by atoms with Crippen molar-refractivity contribution in [1.82, 2.24) is 15.1 Å². The van der Waals surface area contributed by atoms with E-state index in [9.17, 15) is 14.4 Å². The molecule has 2 rings (SSSR count). The summed E-state index contributed by atoms with van der Waals surface area (Å²) in [5, 5.41) is 15.8. The van der Waals surface area contributed by atoms with E-state index in [0.29, 0.717) is 5.69 Å². The molecule has 0 bridgehead atoms. The Labute approximate surface area is 155 Å². The lowest BCUT2D eigenvalue weighted by Crippen LogP contribution is -2.46. The molecule has 1 aromatic carbocycles. The highest BCUT2D eigenvalue weighted by atomic mass is 32.2. The van der Waals surface area contributed by atoms with E-state index in [1.54, 1.807) is 31.7 Å². The molecule has 1 aromatic heterocycles. The number of nitrogens with zero attached hydrogens (tertiary/aromatic N) is 2. The number of hydrogen-bond acceptors (Lipinski definition) is 5. The average molecular weight is 375 g/mol. The number of aromatic nitrogens is 2. The van der Waals surface area contributed by atoms with E-state index in [1.807, 2.05) is 30.5 Å². The maximum Gasteiger partial charge on any atom is 0.326 e. The lowest BCUT2D eigenvalue weighted by molar-refractivity contribution is -0.143. The van der Waals surface area contributed by atoms with Crippen LogP contribution in [0.1, 0.15) is 13.8 Å². The average Bonchev–Trinajstić information content (AvgIpc) is 2.61. The summed E-state index contributed by atoms with van der Waals surface area (Å²) in [6.07, 6.45) is 1.98. The first-order chi connectivity index (χ1) is 12.3. The van der Waals surface area contributed by atoms with Gasteiger partial charge in [-0.25, -0.2) is 9.48 Å². The van der Waals surface area contributed by atoms with Crippen molar-refractivity contribution >= 4 is 23.6 Å². The molecular weight excluding hydrogens is 354 g/mol. The van der Waals surface area contributed by atoms with E-state index < -0.39 is 23.5 Å². The van der Waals surface area contributed by atoms with Gasteiger partial charge in [-0.2, -0.15) is 5.10 Å². The molecule has 0 aliphatic heterocycles. The van der Waals surface area contributed by atoms with Gasteiger partial charge in [-0.15, -0.1) is 11.8 Å². The first-order valence-electron chi connectivity index (χ1n) is 8.06. The summed E-state index contributed by atoms with van der Waals surface area (Å²) in [5.41, 5.74) is 0.951. The second-order valence-corrected chi connectivity index (χ2v) is 6.95. The second kappa shape index (κ2) is 8.66. The van der Waals surface area contributed by atoms with Crippen LogP contribution in [0.2, 0.25) is 0 Å². The molecule has 0 aliphatic rings. The van der Waals surface area contributed by atoms with Crippen LogP contribution in [0.4, 0.5) is 0 Å². The van der Waals surface area contributed by atoms with Crippen LogP contribution in [0, 0.1) is 5.92 Å². The molecule has 1 amide bonds. The normalized spacial score (nSPS) is 12.0. The third-order valence-electron chi connectivity index (χ3n) is 3.79. The number of hydrogen-bond donors (Lipinski definition) is 2. The van der Waals surface area contributed by atoms with Gasteiger partial charge in [0.1, 0.15) is 12.6 Å². The van der Waals surface area contributed by atoms with Crippen molar-refractivity contribution in [1.29, 1.82) is 0 Å². The summed E-state index contributed by atoms with van der Waals surface area (Å²) < 4.78 is 1.03. The van der Waals surface area contributed by atoms with Gasteiger partial charge in [0, 0.05) is 16.5 Å². The molecule has 0 saturated carbocycles. The quantitative estimate of drug-likeness (QED) is 0.716. The van der Waals surface area contributed by atoms with Crippen LogP contribution in [0.5, 0.6) is 0 Å². The molecule has 0 radical (unpaired) electrons. The van der Waals surface area contributed by atoms with Crippen LogP contribution < -0.4 is 10.9 Å². The summed E-state index contributed by atoms with van der Waals surface area (Å²) in [5.74, 6) is -1.96. The topological polar surface area (TPSA) is 101 Å². The Kier molecular flexibility index (Phi) is 6.57. The van der Waals surface area contributed by atoms with Crippen molar-refractivity contribution in [2.24, 2.45) is 5.92 Å². The van der Waals surface area contributed by atoms with Gasteiger partial charge in [0.25, 0.3) is 5.56 Å². The van der Waals surface area contributed by atoms with Gasteiger partial charge in [0.05, 0.1) is 5.69 Å². The van der Waals surface area contributed by atoms with Gasteiger partial charge >= 0.3 is 5.97 Å². The molecule has 0 fully saturated rings. The first-order valence-corrected chi connectivity index (χ1v) is 9.29. The van der Waals surface area contributed by atoms with Gasteiger partial charge in [0.2, 0.25) is 5.91 Å². The fraction of sp³-hybridized carbons (Fsp3) is 0.333. The lowest BCUT2D eigenvalue weighted by Gasteiger charge is -2.18. The molecule has 0 spiro atoms. The largest absolute Gasteiger partial charge is 0.480 e. The number of carbonyl (C=O) groups is 2. The van der Waals surface area contributed by atoms with E-state index in [1.165, 1.54) is 6.07 Å². The summed E-state index contributed by atoms with van der Waals surface area (Å²) in [4.78, 5) is 36.4. The SMILES string of the molecule is CSc1ccc(-c2ccc(=O)n(CC(=O)NC(C(=O)O)C(C)C)n2)cc1. The molecule has 0 saturated heterocycles. The highest BCUT2D eigenvalue weighted by Gasteiger charge is 2.23. The number of nitrogens with one attached hydrogen (secondary N) is 1. The van der Waals surface area contributed by atoms with Crippen molar-refractivity contribution in [3.8, 4) is 11.3 Å². The molecule has 2 N–H and O–H groups in total. The third-order valence-corrected chi connectivity index (χ3v) is 4.54. The lowest BCUT2D eigenvalue weighted by atomic mass is 10.1. The van der Waals surface area contributed by atoms with E-state index in [-0.39, 0.29) is 12.5 Å². The number of carboxylic acids is 1. The van der Waals surface area contributed by atoms with Crippen molar-refractivity contribution < 1.29 is 14.7 Å². The van der Waals surface area contributed by atoms with E-state index >= 15 is 0 Å². The fourth-order valence-electron chi connectivity index (χ4n) is 2.35. The summed E-state index contributed by atoms with van der Waals surface area (Å²) >= 11 is 1.62. The number of aliphatic carboxylic acids is 1. The van der Waals surface area contributed by atoms with Gasteiger partial charge in [-0.1, -0.05) is 26.0 Å². The molecule has 0 aliphatic carbocycles. The monoisotopic (exact) mass is 375 g/mol. The zero-order valence-electron chi connectivity index (χ0n) is 14.8.